The normalized spacial score (nSPS) is 10.3. The molecule has 2 aromatic rings. The maximum Gasteiger partial charge on any atom is 0.292 e. The Morgan fingerprint density at radius 2 is 1.92 bits per heavy atom. The van der Waals surface area contributed by atoms with Crippen LogP contribution in [0.1, 0.15) is 0 Å². The molecule has 136 valence electrons. The topological polar surface area (TPSA) is 92.6 Å². The zero-order chi connectivity index (χ0) is 19.3. The number of nitro groups is 1. The van der Waals surface area contributed by atoms with Gasteiger partial charge in [0.15, 0.2) is 0 Å². The summed E-state index contributed by atoms with van der Waals surface area (Å²) in [5, 5.41) is 12.5. The number of amides is 2. The molecule has 7 nitrogen and oxygen atoms in total. The second-order valence-corrected chi connectivity index (χ2v) is 5.96. The minimum Gasteiger partial charge on any atom is -0.320 e. The fourth-order valence-corrected chi connectivity index (χ4v) is 2.61. The van der Waals surface area contributed by atoms with Gasteiger partial charge in [0.05, 0.1) is 16.4 Å². The molecule has 2 amide bonds. The Bertz CT molecular complexity index is 863. The lowest BCUT2D eigenvalue weighted by Gasteiger charge is -2.17. The first-order valence-electron chi connectivity index (χ1n) is 7.18. The molecule has 1 N–H and O–H groups in total. The smallest absolute Gasteiger partial charge is 0.292 e. The number of rotatable bonds is 5. The van der Waals surface area contributed by atoms with Crippen LogP contribution in [0.4, 0.5) is 30.6 Å². The average Bonchev–Trinajstić information content (AvgIpc) is 2.61. The molecule has 0 bridgehead atoms. The Morgan fingerprint density at radius 3 is 2.62 bits per heavy atom. The Labute approximate surface area is 151 Å². The molecule has 0 radical (unpaired) electrons. The van der Waals surface area contributed by atoms with E-state index in [0.717, 1.165) is 23.1 Å². The van der Waals surface area contributed by atoms with E-state index in [4.69, 9.17) is 0 Å². The van der Waals surface area contributed by atoms with Gasteiger partial charge in [-0.25, -0.2) is 8.78 Å². The van der Waals surface area contributed by atoms with Crippen LogP contribution >= 0.6 is 11.8 Å². The lowest BCUT2D eigenvalue weighted by molar-refractivity contribution is -0.383. The Morgan fingerprint density at radius 1 is 1.23 bits per heavy atom. The summed E-state index contributed by atoms with van der Waals surface area (Å²) in [7, 11) is 1.24. The maximum absolute atomic E-state index is 13.7. The highest BCUT2D eigenvalue weighted by Crippen LogP contribution is 2.25. The molecule has 0 heterocycles. The third-order valence-electron chi connectivity index (χ3n) is 3.24. The molecule has 0 saturated carbocycles. The van der Waals surface area contributed by atoms with Crippen LogP contribution < -0.4 is 10.2 Å². The van der Waals surface area contributed by atoms with Crippen molar-refractivity contribution < 1.29 is 23.3 Å². The summed E-state index contributed by atoms with van der Waals surface area (Å²) in [4.78, 5) is 35.1. The molecule has 10 heteroatoms. The van der Waals surface area contributed by atoms with Crippen molar-refractivity contribution in [3.8, 4) is 0 Å². The number of thioether (sulfide) groups is 1. The molecule has 0 aromatic heterocycles. The van der Waals surface area contributed by atoms with Gasteiger partial charge in [0.1, 0.15) is 17.3 Å². The SMILES string of the molecule is CN(C(=O)SCC(=O)Nc1ccccc1[N+](=O)[O-])c1cc(F)ccc1F. The van der Waals surface area contributed by atoms with Gasteiger partial charge in [-0.05, 0) is 18.2 Å². The number of carbonyl (C=O) groups is 2. The van der Waals surface area contributed by atoms with Gasteiger partial charge < -0.3 is 10.2 Å². The van der Waals surface area contributed by atoms with E-state index in [1.54, 1.807) is 0 Å². The second kappa shape index (κ2) is 8.39. The number of halogens is 2. The lowest BCUT2D eigenvalue weighted by atomic mass is 10.2. The number of nitro benzene ring substituents is 1. The molecule has 0 atom stereocenters. The molecule has 0 aliphatic carbocycles. The van der Waals surface area contributed by atoms with Gasteiger partial charge in [0.2, 0.25) is 5.91 Å². The molecule has 0 aliphatic rings. The Balaban J connectivity index is 1.98. The van der Waals surface area contributed by atoms with Gasteiger partial charge in [-0.2, -0.15) is 0 Å². The zero-order valence-electron chi connectivity index (χ0n) is 13.4. The molecule has 26 heavy (non-hydrogen) atoms. The molecule has 0 aliphatic heterocycles. The highest BCUT2D eigenvalue weighted by Gasteiger charge is 2.19. The van der Waals surface area contributed by atoms with Gasteiger partial charge in [-0.3, -0.25) is 19.7 Å². The van der Waals surface area contributed by atoms with Gasteiger partial charge >= 0.3 is 0 Å². The first-order chi connectivity index (χ1) is 12.3. The summed E-state index contributed by atoms with van der Waals surface area (Å²) in [5.41, 5.74) is -0.544. The molecule has 2 aromatic carbocycles. The zero-order valence-corrected chi connectivity index (χ0v) is 14.3. The van der Waals surface area contributed by atoms with Crippen molar-refractivity contribution in [2.75, 3.05) is 23.0 Å². The molecule has 0 spiro atoms. The Hall–Kier alpha value is -3.01. The number of nitrogens with zero attached hydrogens (tertiary/aromatic N) is 2. The number of para-hydroxylation sites is 2. The van der Waals surface area contributed by atoms with Crippen LogP contribution in [0.2, 0.25) is 0 Å². The van der Waals surface area contributed by atoms with Crippen LogP contribution in [0.3, 0.4) is 0 Å². The number of hydrogen-bond acceptors (Lipinski definition) is 5. The number of benzene rings is 2. The third kappa shape index (κ3) is 4.76. The van der Waals surface area contributed by atoms with Crippen LogP contribution in [0.25, 0.3) is 0 Å². The van der Waals surface area contributed by atoms with Gasteiger partial charge in [0, 0.05) is 19.2 Å². The van der Waals surface area contributed by atoms with E-state index >= 15 is 0 Å². The summed E-state index contributed by atoms with van der Waals surface area (Å²) in [6.45, 7) is 0. The van der Waals surface area contributed by atoms with Crippen LogP contribution in [-0.4, -0.2) is 28.9 Å². The minimum atomic E-state index is -0.785. The third-order valence-corrected chi connectivity index (χ3v) is 4.17. The Kier molecular flexibility index (Phi) is 6.23. The highest BCUT2D eigenvalue weighted by atomic mass is 32.2. The first-order valence-corrected chi connectivity index (χ1v) is 8.17. The first kappa shape index (κ1) is 19.3. The molecule has 0 saturated heterocycles. The van der Waals surface area contributed by atoms with Crippen molar-refractivity contribution in [1.29, 1.82) is 0 Å². The largest absolute Gasteiger partial charge is 0.320 e. The van der Waals surface area contributed by atoms with Crippen molar-refractivity contribution in [2.45, 2.75) is 0 Å². The summed E-state index contributed by atoms with van der Waals surface area (Å²) in [5.74, 6) is -2.50. The predicted molar refractivity (Wildman–Crippen MR) is 94.3 cm³/mol. The van der Waals surface area contributed by atoms with Crippen molar-refractivity contribution in [2.24, 2.45) is 0 Å². The number of carbonyl (C=O) groups excluding carboxylic acids is 2. The van der Waals surface area contributed by atoms with Crippen LogP contribution in [0, 0.1) is 21.7 Å². The van der Waals surface area contributed by atoms with Crippen molar-refractivity contribution in [3.63, 3.8) is 0 Å². The molecule has 0 fully saturated rings. The second-order valence-electron chi connectivity index (χ2n) is 5.03. The van der Waals surface area contributed by atoms with Gasteiger partial charge in [0.25, 0.3) is 10.9 Å². The molecule has 2 rings (SSSR count). The predicted octanol–water partition coefficient (Wildman–Crippen LogP) is 3.80. The van der Waals surface area contributed by atoms with Crippen molar-refractivity contribution in [3.05, 3.63) is 64.2 Å². The van der Waals surface area contributed by atoms with Crippen LogP contribution in [0.5, 0.6) is 0 Å². The van der Waals surface area contributed by atoms with Crippen molar-refractivity contribution in [1.82, 2.24) is 0 Å². The molecule has 0 unspecified atom stereocenters. The van der Waals surface area contributed by atoms with Crippen LogP contribution in [-0.2, 0) is 4.79 Å². The fraction of sp³-hybridized carbons (Fsp3) is 0.125. The van der Waals surface area contributed by atoms with E-state index in [-0.39, 0.29) is 22.8 Å². The van der Waals surface area contributed by atoms with Crippen LogP contribution in [0.15, 0.2) is 42.5 Å². The van der Waals surface area contributed by atoms with E-state index in [9.17, 15) is 28.5 Å². The fourth-order valence-electron chi connectivity index (χ4n) is 1.99. The molecular weight excluding hydrogens is 368 g/mol. The van der Waals surface area contributed by atoms with E-state index < -0.39 is 27.7 Å². The lowest BCUT2D eigenvalue weighted by Crippen LogP contribution is -2.25. The van der Waals surface area contributed by atoms with Gasteiger partial charge in [-0.1, -0.05) is 23.9 Å². The maximum atomic E-state index is 13.7. The quantitative estimate of drug-likeness (QED) is 0.628. The van der Waals surface area contributed by atoms with E-state index in [1.807, 2.05) is 0 Å². The molecular formula is C16H13F2N3O4S. The van der Waals surface area contributed by atoms with E-state index in [2.05, 4.69) is 5.32 Å². The van der Waals surface area contributed by atoms with Crippen molar-refractivity contribution >= 4 is 40.0 Å². The number of hydrogen-bond donors (Lipinski definition) is 1. The van der Waals surface area contributed by atoms with Gasteiger partial charge in [-0.15, -0.1) is 0 Å². The number of nitrogens with one attached hydrogen (secondary N) is 1. The van der Waals surface area contributed by atoms with E-state index in [0.29, 0.717) is 11.8 Å². The number of anilines is 2. The minimum absolute atomic E-state index is 0.0000727. The summed E-state index contributed by atoms with van der Waals surface area (Å²) in [6.07, 6.45) is 0. The van der Waals surface area contributed by atoms with E-state index in [1.165, 1.54) is 31.3 Å². The summed E-state index contributed by atoms with van der Waals surface area (Å²) in [6, 6.07) is 8.23. The summed E-state index contributed by atoms with van der Waals surface area (Å²) < 4.78 is 26.9. The monoisotopic (exact) mass is 381 g/mol. The standard InChI is InChI=1S/C16H13F2N3O4S/c1-20(14-8-10(17)6-7-11(14)18)16(23)26-9-15(22)19-12-4-2-3-5-13(12)21(24)25/h2-8H,9H2,1H3,(H,19,22). The highest BCUT2D eigenvalue weighted by molar-refractivity contribution is 8.14. The summed E-state index contributed by atoms with van der Waals surface area (Å²) >= 11 is 0.552. The average molecular weight is 381 g/mol.